The van der Waals surface area contributed by atoms with E-state index in [0.717, 1.165) is 37.0 Å². The van der Waals surface area contributed by atoms with Crippen LogP contribution in [0.5, 0.6) is 0 Å². The zero-order valence-electron chi connectivity index (χ0n) is 13.0. The van der Waals surface area contributed by atoms with E-state index in [0.29, 0.717) is 17.3 Å². The second-order valence-electron chi connectivity index (χ2n) is 6.05. The average Bonchev–Trinajstić information content (AvgIpc) is 2.49. The molecule has 4 unspecified atom stereocenters. The molecule has 0 saturated heterocycles. The first kappa shape index (κ1) is 16.6. The number of hydrogen-bond acceptors (Lipinski definition) is 2. The summed E-state index contributed by atoms with van der Waals surface area (Å²) < 4.78 is 24.9. The Morgan fingerprint density at radius 1 is 1.33 bits per heavy atom. The van der Waals surface area contributed by atoms with Crippen molar-refractivity contribution in [3.63, 3.8) is 0 Å². The molecule has 2 nitrogen and oxygen atoms in total. The van der Waals surface area contributed by atoms with Crippen LogP contribution in [0.25, 0.3) is 0 Å². The van der Waals surface area contributed by atoms with E-state index < -0.39 is 10.8 Å². The molecule has 0 aliphatic heterocycles. The van der Waals surface area contributed by atoms with Gasteiger partial charge < -0.3 is 5.32 Å². The largest absolute Gasteiger partial charge is 0.311 e. The fraction of sp³-hybridized carbons (Fsp3) is 0.647. The number of nitrogens with one attached hydrogen (secondary N) is 1. The van der Waals surface area contributed by atoms with E-state index in [9.17, 15) is 8.60 Å². The Hall–Kier alpha value is -0.740. The molecule has 0 radical (unpaired) electrons. The van der Waals surface area contributed by atoms with E-state index in [1.54, 1.807) is 0 Å². The van der Waals surface area contributed by atoms with Crippen molar-refractivity contribution in [2.24, 2.45) is 0 Å². The van der Waals surface area contributed by atoms with Crippen LogP contribution in [-0.2, 0) is 17.2 Å². The van der Waals surface area contributed by atoms with Gasteiger partial charge in [0.05, 0.1) is 0 Å². The lowest BCUT2D eigenvalue weighted by Gasteiger charge is -2.31. The van der Waals surface area contributed by atoms with Gasteiger partial charge in [0.15, 0.2) is 0 Å². The van der Waals surface area contributed by atoms with E-state index in [1.807, 2.05) is 19.1 Å². The third-order valence-corrected chi connectivity index (χ3v) is 6.00. The first-order valence-corrected chi connectivity index (χ1v) is 9.34. The van der Waals surface area contributed by atoms with Crippen LogP contribution >= 0.6 is 0 Å². The molecule has 4 atom stereocenters. The molecule has 0 aromatic heterocycles. The second-order valence-corrected chi connectivity index (χ2v) is 8.06. The van der Waals surface area contributed by atoms with Crippen LogP contribution in [-0.4, -0.2) is 27.3 Å². The zero-order valence-corrected chi connectivity index (χ0v) is 13.8. The molecule has 0 bridgehead atoms. The molecule has 1 aromatic rings. The molecule has 0 amide bonds. The summed E-state index contributed by atoms with van der Waals surface area (Å²) in [7, 11) is -0.671. The lowest BCUT2D eigenvalue weighted by molar-refractivity contribution is 0.346. The Bertz CT molecular complexity index is 462. The first-order valence-electron chi connectivity index (χ1n) is 7.96. The van der Waals surface area contributed by atoms with Crippen molar-refractivity contribution in [3.05, 3.63) is 35.6 Å². The van der Waals surface area contributed by atoms with Crippen molar-refractivity contribution in [1.29, 1.82) is 0 Å². The van der Waals surface area contributed by atoms with Gasteiger partial charge in [-0.25, -0.2) is 4.39 Å². The quantitative estimate of drug-likeness (QED) is 0.872. The molecule has 0 heterocycles. The molecule has 1 aliphatic carbocycles. The van der Waals surface area contributed by atoms with Crippen LogP contribution in [0, 0.1) is 5.82 Å². The first-order chi connectivity index (χ1) is 10.1. The monoisotopic (exact) mass is 311 g/mol. The fourth-order valence-electron chi connectivity index (χ4n) is 3.21. The third-order valence-electron chi connectivity index (χ3n) is 4.26. The van der Waals surface area contributed by atoms with E-state index in [1.165, 1.54) is 18.6 Å². The Morgan fingerprint density at radius 2 is 2.05 bits per heavy atom. The van der Waals surface area contributed by atoms with Gasteiger partial charge in [-0.1, -0.05) is 25.5 Å². The minimum absolute atomic E-state index is 0.184. The highest BCUT2D eigenvalue weighted by molar-refractivity contribution is 7.85. The van der Waals surface area contributed by atoms with Gasteiger partial charge in [0.25, 0.3) is 0 Å². The van der Waals surface area contributed by atoms with Crippen LogP contribution < -0.4 is 5.32 Å². The number of hydrogen-bond donors (Lipinski definition) is 1. The number of rotatable bonds is 6. The molecule has 1 N–H and O–H groups in total. The Kier molecular flexibility index (Phi) is 6.37. The van der Waals surface area contributed by atoms with Crippen LogP contribution in [0.4, 0.5) is 4.39 Å². The van der Waals surface area contributed by atoms with Gasteiger partial charge in [-0.2, -0.15) is 0 Å². The lowest BCUT2D eigenvalue weighted by atomic mass is 9.94. The average molecular weight is 311 g/mol. The Labute approximate surface area is 130 Å². The van der Waals surface area contributed by atoms with E-state index in [4.69, 9.17) is 0 Å². The topological polar surface area (TPSA) is 29.1 Å². The number of benzene rings is 1. The van der Waals surface area contributed by atoms with Gasteiger partial charge in [0.1, 0.15) is 5.82 Å². The molecule has 118 valence electrons. The summed E-state index contributed by atoms with van der Waals surface area (Å²) in [6, 6.07) is 7.56. The smallest absolute Gasteiger partial charge is 0.123 e. The Morgan fingerprint density at radius 3 is 2.71 bits per heavy atom. The highest BCUT2D eigenvalue weighted by Gasteiger charge is 2.26. The third kappa shape index (κ3) is 5.19. The summed E-state index contributed by atoms with van der Waals surface area (Å²) in [5, 5.41) is 4.02. The Balaban J connectivity index is 1.83. The molecule has 1 saturated carbocycles. The summed E-state index contributed by atoms with van der Waals surface area (Å²) in [5.41, 5.74) is 1.15. The standard InChI is InChI=1S/C17H26FNOS/c1-3-21(20)17-6-4-5-16(12-17)19-13(2)11-14-7-9-15(18)10-8-14/h7-10,13,16-17,19H,3-6,11-12H2,1-2H3. The van der Waals surface area contributed by atoms with Crippen molar-refractivity contribution < 1.29 is 8.60 Å². The van der Waals surface area contributed by atoms with Crippen LogP contribution in [0.15, 0.2) is 24.3 Å². The molecule has 2 rings (SSSR count). The fourth-order valence-corrected chi connectivity index (χ4v) is 4.55. The van der Waals surface area contributed by atoms with Crippen molar-refractivity contribution in [3.8, 4) is 0 Å². The van der Waals surface area contributed by atoms with Gasteiger partial charge in [-0.15, -0.1) is 0 Å². The number of halogens is 1. The second kappa shape index (κ2) is 8.04. The van der Waals surface area contributed by atoms with Crippen molar-refractivity contribution in [2.75, 3.05) is 5.75 Å². The van der Waals surface area contributed by atoms with E-state index in [2.05, 4.69) is 12.2 Å². The normalized spacial score (nSPS) is 25.5. The minimum atomic E-state index is -0.671. The highest BCUT2D eigenvalue weighted by atomic mass is 32.2. The van der Waals surface area contributed by atoms with Gasteiger partial charge in [0.2, 0.25) is 0 Å². The minimum Gasteiger partial charge on any atom is -0.311 e. The molecule has 1 aliphatic rings. The molecular formula is C17H26FNOS. The van der Waals surface area contributed by atoms with E-state index in [-0.39, 0.29) is 5.82 Å². The maximum absolute atomic E-state index is 12.9. The summed E-state index contributed by atoms with van der Waals surface area (Å²) in [6.07, 6.45) is 5.36. The SMILES string of the molecule is CCS(=O)C1CCCC(NC(C)Cc2ccc(F)cc2)C1. The highest BCUT2D eigenvalue weighted by Crippen LogP contribution is 2.23. The van der Waals surface area contributed by atoms with Crippen LogP contribution in [0.2, 0.25) is 0 Å². The molecule has 21 heavy (non-hydrogen) atoms. The van der Waals surface area contributed by atoms with Crippen molar-refractivity contribution in [2.45, 2.75) is 63.3 Å². The summed E-state index contributed by atoms with van der Waals surface area (Å²) >= 11 is 0. The molecular weight excluding hydrogens is 285 g/mol. The van der Waals surface area contributed by atoms with Crippen LogP contribution in [0.3, 0.4) is 0 Å². The molecule has 1 aromatic carbocycles. The van der Waals surface area contributed by atoms with E-state index >= 15 is 0 Å². The predicted molar refractivity (Wildman–Crippen MR) is 87.4 cm³/mol. The maximum Gasteiger partial charge on any atom is 0.123 e. The van der Waals surface area contributed by atoms with Crippen molar-refractivity contribution in [1.82, 2.24) is 5.32 Å². The molecule has 0 spiro atoms. The summed E-state index contributed by atoms with van der Waals surface area (Å²) in [5.74, 6) is 0.583. The molecule has 1 fully saturated rings. The van der Waals surface area contributed by atoms with Crippen LogP contribution in [0.1, 0.15) is 45.1 Å². The zero-order chi connectivity index (χ0) is 15.2. The van der Waals surface area contributed by atoms with Gasteiger partial charge in [-0.05, 0) is 50.3 Å². The van der Waals surface area contributed by atoms with Gasteiger partial charge in [0, 0.05) is 33.9 Å². The maximum atomic E-state index is 12.9. The van der Waals surface area contributed by atoms with Crippen molar-refractivity contribution >= 4 is 10.8 Å². The summed E-state index contributed by atoms with van der Waals surface area (Å²) in [4.78, 5) is 0. The summed E-state index contributed by atoms with van der Waals surface area (Å²) in [6.45, 7) is 4.17. The van der Waals surface area contributed by atoms with Gasteiger partial charge in [-0.3, -0.25) is 4.21 Å². The predicted octanol–water partition coefficient (Wildman–Crippen LogP) is 3.43. The lowest BCUT2D eigenvalue weighted by Crippen LogP contribution is -2.42. The van der Waals surface area contributed by atoms with Gasteiger partial charge >= 0.3 is 0 Å². The molecule has 4 heteroatoms.